The zero-order chi connectivity index (χ0) is 13.4. The van der Waals surface area contributed by atoms with Crippen LogP contribution in [0.3, 0.4) is 0 Å². The number of carbonyl (C=O) groups is 1. The maximum atomic E-state index is 12.1. The second-order valence-corrected chi connectivity index (χ2v) is 3.89. The molecule has 0 aliphatic rings. The largest absolute Gasteiger partial charge is 0.481 e. The number of benzene rings is 1. The van der Waals surface area contributed by atoms with Gasteiger partial charge in [-0.2, -0.15) is 0 Å². The number of carbonyl (C=O) groups excluding carboxylic acids is 1. The van der Waals surface area contributed by atoms with Crippen molar-refractivity contribution in [1.29, 1.82) is 0 Å². The van der Waals surface area contributed by atoms with E-state index >= 15 is 0 Å². The molecule has 3 nitrogen and oxygen atoms in total. The van der Waals surface area contributed by atoms with E-state index in [1.54, 1.807) is 24.0 Å². The van der Waals surface area contributed by atoms with Gasteiger partial charge in [-0.15, -0.1) is 13.2 Å². The average Bonchev–Trinajstić information content (AvgIpc) is 2.39. The van der Waals surface area contributed by atoms with E-state index in [9.17, 15) is 4.79 Å². The molecule has 0 fully saturated rings. The van der Waals surface area contributed by atoms with Gasteiger partial charge in [-0.1, -0.05) is 30.4 Å². The monoisotopic (exact) mass is 245 g/mol. The van der Waals surface area contributed by atoms with Crippen molar-refractivity contribution in [3.8, 4) is 5.75 Å². The molecule has 0 spiro atoms. The molecule has 1 atom stereocenters. The van der Waals surface area contributed by atoms with Gasteiger partial charge in [0, 0.05) is 13.1 Å². The molecular weight excluding hydrogens is 226 g/mol. The summed E-state index contributed by atoms with van der Waals surface area (Å²) in [6.45, 7) is 10.0. The zero-order valence-corrected chi connectivity index (χ0v) is 10.7. The van der Waals surface area contributed by atoms with Crippen LogP contribution in [-0.4, -0.2) is 30.0 Å². The molecule has 1 aromatic carbocycles. The molecule has 0 N–H and O–H groups in total. The Kier molecular flexibility index (Phi) is 5.71. The predicted octanol–water partition coefficient (Wildman–Crippen LogP) is 2.65. The van der Waals surface area contributed by atoms with E-state index in [0.717, 1.165) is 0 Å². The summed E-state index contributed by atoms with van der Waals surface area (Å²) in [5.41, 5.74) is 0. The standard InChI is InChI=1S/C15H19NO2/c1-4-11-16(12-5-2)15(17)13(3)18-14-9-7-6-8-10-14/h4-10,13H,1-2,11-12H2,3H3. The second kappa shape index (κ2) is 7.33. The number of hydrogen-bond donors (Lipinski definition) is 0. The Labute approximate surface area is 108 Å². The number of nitrogens with zero attached hydrogens (tertiary/aromatic N) is 1. The molecule has 0 saturated carbocycles. The van der Waals surface area contributed by atoms with Crippen molar-refractivity contribution < 1.29 is 9.53 Å². The van der Waals surface area contributed by atoms with Gasteiger partial charge < -0.3 is 9.64 Å². The molecule has 1 amide bonds. The molecule has 1 rings (SSSR count). The summed E-state index contributed by atoms with van der Waals surface area (Å²) in [6, 6.07) is 9.31. The Morgan fingerprint density at radius 2 is 1.83 bits per heavy atom. The number of ether oxygens (including phenoxy) is 1. The van der Waals surface area contributed by atoms with Crippen LogP contribution in [0, 0.1) is 0 Å². The summed E-state index contributed by atoms with van der Waals surface area (Å²) in [5, 5.41) is 0. The fraction of sp³-hybridized carbons (Fsp3) is 0.267. The molecule has 0 heterocycles. The van der Waals surface area contributed by atoms with E-state index < -0.39 is 6.10 Å². The Morgan fingerprint density at radius 1 is 1.28 bits per heavy atom. The van der Waals surface area contributed by atoms with Gasteiger partial charge in [0.15, 0.2) is 6.10 Å². The first-order valence-corrected chi connectivity index (χ1v) is 5.91. The van der Waals surface area contributed by atoms with Gasteiger partial charge in [0.05, 0.1) is 0 Å². The first kappa shape index (κ1) is 14.0. The van der Waals surface area contributed by atoms with Crippen molar-refractivity contribution >= 4 is 5.91 Å². The van der Waals surface area contributed by atoms with Crippen molar-refractivity contribution in [2.24, 2.45) is 0 Å². The summed E-state index contributed by atoms with van der Waals surface area (Å²) >= 11 is 0. The first-order chi connectivity index (χ1) is 8.69. The molecular formula is C15H19NO2. The van der Waals surface area contributed by atoms with E-state index in [1.807, 2.05) is 30.3 Å². The molecule has 0 bridgehead atoms. The van der Waals surface area contributed by atoms with Crippen LogP contribution in [0.4, 0.5) is 0 Å². The van der Waals surface area contributed by atoms with Crippen molar-refractivity contribution in [2.45, 2.75) is 13.0 Å². The first-order valence-electron chi connectivity index (χ1n) is 5.91. The van der Waals surface area contributed by atoms with E-state index in [4.69, 9.17) is 4.74 Å². The summed E-state index contributed by atoms with van der Waals surface area (Å²) in [7, 11) is 0. The fourth-order valence-electron chi connectivity index (χ4n) is 1.58. The summed E-state index contributed by atoms with van der Waals surface area (Å²) in [6.07, 6.45) is 2.86. The quantitative estimate of drug-likeness (QED) is 0.691. The lowest BCUT2D eigenvalue weighted by Gasteiger charge is -2.23. The number of para-hydroxylation sites is 1. The van der Waals surface area contributed by atoms with Gasteiger partial charge in [0.2, 0.25) is 0 Å². The number of amides is 1. The van der Waals surface area contributed by atoms with Crippen molar-refractivity contribution in [3.63, 3.8) is 0 Å². The van der Waals surface area contributed by atoms with Crippen molar-refractivity contribution in [2.75, 3.05) is 13.1 Å². The maximum Gasteiger partial charge on any atom is 0.263 e. The maximum absolute atomic E-state index is 12.1. The van der Waals surface area contributed by atoms with E-state index in [-0.39, 0.29) is 5.91 Å². The van der Waals surface area contributed by atoms with Crippen LogP contribution in [0.25, 0.3) is 0 Å². The molecule has 0 aliphatic carbocycles. The van der Waals surface area contributed by atoms with Crippen LogP contribution in [0.15, 0.2) is 55.6 Å². The van der Waals surface area contributed by atoms with Crippen LogP contribution in [0.2, 0.25) is 0 Å². The number of hydrogen-bond acceptors (Lipinski definition) is 2. The highest BCUT2D eigenvalue weighted by molar-refractivity contribution is 5.81. The Bertz CT molecular complexity index is 390. The molecule has 0 aromatic heterocycles. The van der Waals surface area contributed by atoms with E-state index in [2.05, 4.69) is 13.2 Å². The Balaban J connectivity index is 2.64. The molecule has 3 heteroatoms. The molecule has 0 radical (unpaired) electrons. The lowest BCUT2D eigenvalue weighted by molar-refractivity contribution is -0.136. The highest BCUT2D eigenvalue weighted by atomic mass is 16.5. The smallest absolute Gasteiger partial charge is 0.263 e. The third kappa shape index (κ3) is 4.09. The number of rotatable bonds is 7. The molecule has 0 saturated heterocycles. The van der Waals surface area contributed by atoms with Crippen LogP contribution in [-0.2, 0) is 4.79 Å². The van der Waals surface area contributed by atoms with Crippen LogP contribution < -0.4 is 4.74 Å². The van der Waals surface area contributed by atoms with E-state index in [0.29, 0.717) is 18.8 Å². The van der Waals surface area contributed by atoms with Gasteiger partial charge in [-0.3, -0.25) is 4.79 Å². The molecule has 0 aliphatic heterocycles. The van der Waals surface area contributed by atoms with Gasteiger partial charge in [-0.25, -0.2) is 0 Å². The molecule has 96 valence electrons. The van der Waals surface area contributed by atoms with Gasteiger partial charge in [0.25, 0.3) is 5.91 Å². The van der Waals surface area contributed by atoms with E-state index in [1.165, 1.54) is 0 Å². The van der Waals surface area contributed by atoms with Crippen LogP contribution in [0.1, 0.15) is 6.92 Å². The van der Waals surface area contributed by atoms with Gasteiger partial charge in [0.1, 0.15) is 5.75 Å². The summed E-state index contributed by atoms with van der Waals surface area (Å²) in [4.78, 5) is 13.8. The summed E-state index contributed by atoms with van der Waals surface area (Å²) < 4.78 is 5.59. The zero-order valence-electron chi connectivity index (χ0n) is 10.7. The third-order valence-electron chi connectivity index (χ3n) is 2.41. The third-order valence-corrected chi connectivity index (χ3v) is 2.41. The highest BCUT2D eigenvalue weighted by Crippen LogP contribution is 2.12. The normalized spacial score (nSPS) is 11.4. The minimum absolute atomic E-state index is 0.0707. The summed E-state index contributed by atoms with van der Waals surface area (Å²) in [5.74, 6) is 0.620. The lowest BCUT2D eigenvalue weighted by Crippen LogP contribution is -2.40. The highest BCUT2D eigenvalue weighted by Gasteiger charge is 2.20. The van der Waals surface area contributed by atoms with Crippen molar-refractivity contribution in [1.82, 2.24) is 4.90 Å². The van der Waals surface area contributed by atoms with Gasteiger partial charge >= 0.3 is 0 Å². The minimum Gasteiger partial charge on any atom is -0.481 e. The predicted molar refractivity (Wildman–Crippen MR) is 73.5 cm³/mol. The second-order valence-electron chi connectivity index (χ2n) is 3.89. The van der Waals surface area contributed by atoms with Crippen LogP contribution >= 0.6 is 0 Å². The van der Waals surface area contributed by atoms with Crippen molar-refractivity contribution in [3.05, 3.63) is 55.6 Å². The average molecular weight is 245 g/mol. The molecule has 18 heavy (non-hydrogen) atoms. The SMILES string of the molecule is C=CCN(CC=C)C(=O)C(C)Oc1ccccc1. The minimum atomic E-state index is -0.521. The Morgan fingerprint density at radius 3 is 2.33 bits per heavy atom. The topological polar surface area (TPSA) is 29.5 Å². The van der Waals surface area contributed by atoms with Gasteiger partial charge in [-0.05, 0) is 19.1 Å². The van der Waals surface area contributed by atoms with Crippen LogP contribution in [0.5, 0.6) is 5.75 Å². The molecule has 1 aromatic rings. The molecule has 1 unspecified atom stereocenters. The Hall–Kier alpha value is -2.03. The lowest BCUT2D eigenvalue weighted by atomic mass is 10.3. The fourth-order valence-corrected chi connectivity index (χ4v) is 1.58.